The molecule has 0 radical (unpaired) electrons. The van der Waals surface area contributed by atoms with Crippen molar-refractivity contribution in [2.45, 2.75) is 37.0 Å². The molecule has 5 rings (SSSR count). The lowest BCUT2D eigenvalue weighted by Gasteiger charge is -2.44. The molecule has 1 N–H and O–H groups in total. The van der Waals surface area contributed by atoms with E-state index in [1.807, 2.05) is 19.3 Å². The van der Waals surface area contributed by atoms with Crippen molar-refractivity contribution in [1.29, 1.82) is 0 Å². The maximum absolute atomic E-state index is 12.7. The summed E-state index contributed by atoms with van der Waals surface area (Å²) in [5, 5.41) is 0.615. The van der Waals surface area contributed by atoms with Crippen LogP contribution in [-0.2, 0) is 14.6 Å². The number of rotatable bonds is 6. The van der Waals surface area contributed by atoms with Crippen molar-refractivity contribution < 1.29 is 13.2 Å². The van der Waals surface area contributed by atoms with Gasteiger partial charge in [-0.3, -0.25) is 4.79 Å². The number of amides is 1. The molecule has 0 unspecified atom stereocenters. The van der Waals surface area contributed by atoms with Crippen LogP contribution in [0.5, 0.6) is 0 Å². The van der Waals surface area contributed by atoms with Crippen LogP contribution in [-0.4, -0.2) is 71.4 Å². The maximum atomic E-state index is 12.7. The van der Waals surface area contributed by atoms with E-state index >= 15 is 0 Å². The van der Waals surface area contributed by atoms with Crippen LogP contribution in [0.15, 0.2) is 18.6 Å². The molecule has 2 aliphatic carbocycles. The van der Waals surface area contributed by atoms with Crippen LogP contribution in [0.2, 0.25) is 0 Å². The Labute approximate surface area is 164 Å². The first-order valence-electron chi connectivity index (χ1n) is 9.93. The summed E-state index contributed by atoms with van der Waals surface area (Å²) >= 11 is 0. The second-order valence-corrected chi connectivity index (χ2v) is 10.8. The van der Waals surface area contributed by atoms with Crippen LogP contribution in [0, 0.1) is 11.8 Å². The molecule has 0 aromatic carbocycles. The standard InChI is InChI=1S/C19H25N5O3S/c1-23(18-16-4-5-20-17(16)21-11-22-18)14-6-12(7-14)10-28(26,27)15-8-24(9-15)19(25)13-2-3-13/h4-5,11-15H,2-3,6-10H2,1H3,(H,20,21,22)/t12-,14+. The number of carbonyl (C=O) groups excluding carboxylic acids is 1. The number of nitrogens with one attached hydrogen (secondary N) is 1. The summed E-state index contributed by atoms with van der Waals surface area (Å²) in [5.74, 6) is 1.62. The molecule has 8 nitrogen and oxygen atoms in total. The number of sulfone groups is 1. The average molecular weight is 404 g/mol. The van der Waals surface area contributed by atoms with Crippen molar-refractivity contribution >= 4 is 32.6 Å². The molecule has 3 heterocycles. The fourth-order valence-corrected chi connectivity index (χ4v) is 6.38. The molecule has 1 aliphatic heterocycles. The molecule has 2 aromatic heterocycles. The third kappa shape index (κ3) is 3.05. The van der Waals surface area contributed by atoms with Gasteiger partial charge < -0.3 is 14.8 Å². The average Bonchev–Trinajstić information content (AvgIpc) is 3.32. The first-order valence-corrected chi connectivity index (χ1v) is 11.6. The van der Waals surface area contributed by atoms with Gasteiger partial charge in [0, 0.05) is 38.3 Å². The van der Waals surface area contributed by atoms with Gasteiger partial charge >= 0.3 is 0 Å². The lowest BCUT2D eigenvalue weighted by atomic mass is 9.81. The van der Waals surface area contributed by atoms with Gasteiger partial charge in [-0.05, 0) is 37.7 Å². The highest BCUT2D eigenvalue weighted by atomic mass is 32.2. The summed E-state index contributed by atoms with van der Waals surface area (Å²) in [7, 11) is -1.13. The number of H-pyrrole nitrogens is 1. The minimum atomic E-state index is -3.14. The molecule has 28 heavy (non-hydrogen) atoms. The Bertz CT molecular complexity index is 1000. The number of anilines is 1. The number of hydrogen-bond donors (Lipinski definition) is 1. The summed E-state index contributed by atoms with van der Waals surface area (Å²) in [6, 6.07) is 2.26. The Hall–Kier alpha value is -2.16. The molecule has 1 amide bonds. The molecule has 150 valence electrons. The van der Waals surface area contributed by atoms with Crippen molar-refractivity contribution in [3.05, 3.63) is 18.6 Å². The highest BCUT2D eigenvalue weighted by molar-refractivity contribution is 7.92. The summed E-state index contributed by atoms with van der Waals surface area (Å²) in [6.45, 7) is 0.778. The van der Waals surface area contributed by atoms with Crippen LogP contribution < -0.4 is 4.90 Å². The van der Waals surface area contributed by atoms with Gasteiger partial charge in [0.1, 0.15) is 17.8 Å². The van der Waals surface area contributed by atoms with E-state index in [9.17, 15) is 13.2 Å². The molecule has 9 heteroatoms. The first-order chi connectivity index (χ1) is 13.4. The Morgan fingerprint density at radius 3 is 2.75 bits per heavy atom. The van der Waals surface area contributed by atoms with E-state index in [0.29, 0.717) is 19.1 Å². The van der Waals surface area contributed by atoms with Gasteiger partial charge in [-0.15, -0.1) is 0 Å². The molecule has 2 saturated carbocycles. The highest BCUT2D eigenvalue weighted by Gasteiger charge is 2.45. The second-order valence-electron chi connectivity index (χ2n) is 8.51. The van der Waals surface area contributed by atoms with Gasteiger partial charge in [0.05, 0.1) is 16.4 Å². The van der Waals surface area contributed by atoms with Crippen LogP contribution in [0.3, 0.4) is 0 Å². The van der Waals surface area contributed by atoms with E-state index in [2.05, 4.69) is 19.9 Å². The third-order valence-corrected chi connectivity index (χ3v) is 8.74. The molecule has 1 saturated heterocycles. The Kier molecular flexibility index (Phi) is 4.12. The third-order valence-electron chi connectivity index (χ3n) is 6.49. The number of fused-ring (bicyclic) bond motifs is 1. The summed E-state index contributed by atoms with van der Waals surface area (Å²) in [4.78, 5) is 27.6. The highest BCUT2D eigenvalue weighted by Crippen LogP contribution is 2.37. The predicted octanol–water partition coefficient (Wildman–Crippen LogP) is 1.21. The molecular formula is C19H25N5O3S. The SMILES string of the molecule is CN(c1ncnc2[nH]ccc12)[C@H]1C[C@@H](CS(=O)(=O)C2CN(C(=O)C3CC3)C2)C1. The molecule has 2 aromatic rings. The Morgan fingerprint density at radius 1 is 1.29 bits per heavy atom. The largest absolute Gasteiger partial charge is 0.356 e. The van der Waals surface area contributed by atoms with E-state index < -0.39 is 9.84 Å². The number of carbonyl (C=O) groups is 1. The molecule has 3 fully saturated rings. The minimum absolute atomic E-state index is 0.151. The number of aromatic nitrogens is 3. The summed E-state index contributed by atoms with van der Waals surface area (Å²) < 4.78 is 25.4. The zero-order chi connectivity index (χ0) is 19.5. The lowest BCUT2D eigenvalue weighted by Crippen LogP contribution is -2.58. The van der Waals surface area contributed by atoms with E-state index in [1.54, 1.807) is 11.2 Å². The van der Waals surface area contributed by atoms with Crippen molar-refractivity contribution in [2.75, 3.05) is 30.8 Å². The quantitative estimate of drug-likeness (QED) is 0.778. The van der Waals surface area contributed by atoms with Gasteiger partial charge in [-0.2, -0.15) is 0 Å². The lowest BCUT2D eigenvalue weighted by molar-refractivity contribution is -0.135. The van der Waals surface area contributed by atoms with Crippen LogP contribution in [0.25, 0.3) is 11.0 Å². The van der Waals surface area contributed by atoms with Gasteiger partial charge in [0.2, 0.25) is 5.91 Å². The van der Waals surface area contributed by atoms with Gasteiger partial charge in [-0.1, -0.05) is 0 Å². The first kappa shape index (κ1) is 17.9. The Morgan fingerprint density at radius 2 is 2.04 bits per heavy atom. The van der Waals surface area contributed by atoms with Crippen molar-refractivity contribution in [3.63, 3.8) is 0 Å². The Balaban J connectivity index is 1.15. The fraction of sp³-hybridized carbons (Fsp3) is 0.632. The molecule has 3 aliphatic rings. The van der Waals surface area contributed by atoms with E-state index in [1.165, 1.54) is 0 Å². The van der Waals surface area contributed by atoms with Gasteiger partial charge in [0.25, 0.3) is 0 Å². The normalized spacial score (nSPS) is 25.4. The van der Waals surface area contributed by atoms with Crippen molar-refractivity contribution in [2.24, 2.45) is 11.8 Å². The number of likely N-dealkylation sites (tertiary alicyclic amines) is 1. The van der Waals surface area contributed by atoms with Crippen molar-refractivity contribution in [1.82, 2.24) is 19.9 Å². The van der Waals surface area contributed by atoms with Gasteiger partial charge in [0.15, 0.2) is 9.84 Å². The van der Waals surface area contributed by atoms with E-state index in [0.717, 1.165) is 42.5 Å². The number of hydrogen-bond acceptors (Lipinski definition) is 6. The van der Waals surface area contributed by atoms with E-state index in [-0.39, 0.29) is 28.7 Å². The van der Waals surface area contributed by atoms with Gasteiger partial charge in [-0.25, -0.2) is 18.4 Å². The zero-order valence-corrected chi connectivity index (χ0v) is 16.7. The topological polar surface area (TPSA) is 99.3 Å². The molecule has 0 bridgehead atoms. The van der Waals surface area contributed by atoms with Crippen molar-refractivity contribution in [3.8, 4) is 0 Å². The van der Waals surface area contributed by atoms with E-state index in [4.69, 9.17) is 0 Å². The molecule has 0 spiro atoms. The number of aromatic amines is 1. The summed E-state index contributed by atoms with van der Waals surface area (Å²) in [6.07, 6.45) is 7.03. The zero-order valence-electron chi connectivity index (χ0n) is 15.9. The van der Waals surface area contributed by atoms with Crippen LogP contribution in [0.4, 0.5) is 5.82 Å². The smallest absolute Gasteiger partial charge is 0.225 e. The monoisotopic (exact) mass is 403 g/mol. The number of nitrogens with zero attached hydrogens (tertiary/aromatic N) is 4. The predicted molar refractivity (Wildman–Crippen MR) is 106 cm³/mol. The van der Waals surface area contributed by atoms with Crippen LogP contribution in [0.1, 0.15) is 25.7 Å². The van der Waals surface area contributed by atoms with Crippen LogP contribution >= 0.6 is 0 Å². The minimum Gasteiger partial charge on any atom is -0.356 e. The maximum Gasteiger partial charge on any atom is 0.225 e. The second kappa shape index (κ2) is 6.43. The molecular weight excluding hydrogens is 378 g/mol. The molecule has 0 atom stereocenters. The summed E-state index contributed by atoms with van der Waals surface area (Å²) in [5.41, 5.74) is 0.811. The fourth-order valence-electron chi connectivity index (χ4n) is 4.36.